The van der Waals surface area contributed by atoms with Gasteiger partial charge in [-0.25, -0.2) is 0 Å². The Balaban J connectivity index is 3.86. The molecule has 0 aromatic heterocycles. The lowest BCUT2D eigenvalue weighted by Gasteiger charge is -2.29. The Hall–Kier alpha value is -0.120. The normalized spacial score (nSPS) is 13.9. The summed E-state index contributed by atoms with van der Waals surface area (Å²) in [5.74, 6) is 0. The SMILES string of the molecule is CCCN(CCN(C)C)C(C)CCN. The molecule has 0 bridgehead atoms. The Kier molecular flexibility index (Phi) is 8.14. The molecule has 14 heavy (non-hydrogen) atoms. The van der Waals surface area contributed by atoms with Crippen LogP contribution in [0.15, 0.2) is 0 Å². The van der Waals surface area contributed by atoms with Crippen molar-refractivity contribution in [1.82, 2.24) is 9.80 Å². The standard InChI is InChI=1S/C11H27N3/c1-5-8-14(10-9-13(3)4)11(2)6-7-12/h11H,5-10,12H2,1-4H3. The van der Waals surface area contributed by atoms with E-state index in [2.05, 4.69) is 37.7 Å². The zero-order valence-corrected chi connectivity index (χ0v) is 10.3. The van der Waals surface area contributed by atoms with Crippen LogP contribution in [0.3, 0.4) is 0 Å². The van der Waals surface area contributed by atoms with Crippen molar-refractivity contribution in [3.63, 3.8) is 0 Å². The zero-order chi connectivity index (χ0) is 11.0. The third kappa shape index (κ3) is 6.35. The minimum Gasteiger partial charge on any atom is -0.330 e. The summed E-state index contributed by atoms with van der Waals surface area (Å²) in [6.45, 7) is 8.78. The van der Waals surface area contributed by atoms with Crippen LogP contribution in [-0.4, -0.2) is 56.1 Å². The van der Waals surface area contributed by atoms with Crippen LogP contribution in [0.4, 0.5) is 0 Å². The van der Waals surface area contributed by atoms with Crippen molar-refractivity contribution in [2.75, 3.05) is 40.3 Å². The molecule has 0 spiro atoms. The van der Waals surface area contributed by atoms with Crippen LogP contribution in [0.5, 0.6) is 0 Å². The molecule has 0 heterocycles. The van der Waals surface area contributed by atoms with Gasteiger partial charge in [0.2, 0.25) is 0 Å². The second-order valence-corrected chi connectivity index (χ2v) is 4.27. The largest absolute Gasteiger partial charge is 0.330 e. The second-order valence-electron chi connectivity index (χ2n) is 4.27. The van der Waals surface area contributed by atoms with Gasteiger partial charge < -0.3 is 10.6 Å². The quantitative estimate of drug-likeness (QED) is 0.636. The molecule has 0 amide bonds. The van der Waals surface area contributed by atoms with Crippen LogP contribution >= 0.6 is 0 Å². The average Bonchev–Trinajstić information content (AvgIpc) is 2.12. The number of likely N-dealkylation sites (N-methyl/N-ethyl adjacent to an activating group) is 1. The fourth-order valence-corrected chi connectivity index (χ4v) is 1.59. The fraction of sp³-hybridized carbons (Fsp3) is 1.00. The van der Waals surface area contributed by atoms with E-state index in [1.807, 2.05) is 0 Å². The van der Waals surface area contributed by atoms with Crippen LogP contribution in [0, 0.1) is 0 Å². The van der Waals surface area contributed by atoms with Gasteiger partial charge in [0.1, 0.15) is 0 Å². The van der Waals surface area contributed by atoms with Gasteiger partial charge in [-0.05, 0) is 47.0 Å². The van der Waals surface area contributed by atoms with Crippen LogP contribution in [0.2, 0.25) is 0 Å². The summed E-state index contributed by atoms with van der Waals surface area (Å²) in [4.78, 5) is 4.77. The van der Waals surface area contributed by atoms with Crippen LogP contribution in [0.1, 0.15) is 26.7 Å². The Bertz CT molecular complexity index is 126. The van der Waals surface area contributed by atoms with E-state index in [0.717, 1.165) is 26.1 Å². The van der Waals surface area contributed by atoms with Gasteiger partial charge in [-0.3, -0.25) is 4.90 Å². The van der Waals surface area contributed by atoms with E-state index < -0.39 is 0 Å². The molecule has 0 aromatic rings. The molecule has 0 rings (SSSR count). The molecule has 0 saturated carbocycles. The lowest BCUT2D eigenvalue weighted by atomic mass is 10.2. The van der Waals surface area contributed by atoms with E-state index in [4.69, 9.17) is 5.73 Å². The first-order valence-corrected chi connectivity index (χ1v) is 5.70. The van der Waals surface area contributed by atoms with Gasteiger partial charge in [-0.15, -0.1) is 0 Å². The van der Waals surface area contributed by atoms with E-state index >= 15 is 0 Å². The molecule has 0 fully saturated rings. The van der Waals surface area contributed by atoms with E-state index in [-0.39, 0.29) is 0 Å². The molecular formula is C11H27N3. The molecule has 3 nitrogen and oxygen atoms in total. The summed E-state index contributed by atoms with van der Waals surface area (Å²) < 4.78 is 0. The van der Waals surface area contributed by atoms with E-state index in [9.17, 15) is 0 Å². The van der Waals surface area contributed by atoms with Crippen LogP contribution in [-0.2, 0) is 0 Å². The average molecular weight is 201 g/mol. The van der Waals surface area contributed by atoms with Gasteiger partial charge in [0.25, 0.3) is 0 Å². The molecule has 1 unspecified atom stereocenters. The van der Waals surface area contributed by atoms with Crippen molar-refractivity contribution in [2.24, 2.45) is 5.73 Å². The maximum atomic E-state index is 5.58. The predicted molar refractivity (Wildman–Crippen MR) is 63.6 cm³/mol. The first-order chi connectivity index (χ1) is 6.61. The van der Waals surface area contributed by atoms with Crippen molar-refractivity contribution in [3.8, 4) is 0 Å². The monoisotopic (exact) mass is 201 g/mol. The molecule has 0 saturated heterocycles. The van der Waals surface area contributed by atoms with Gasteiger partial charge in [0, 0.05) is 19.1 Å². The van der Waals surface area contributed by atoms with Gasteiger partial charge >= 0.3 is 0 Å². The minimum absolute atomic E-state index is 0.625. The van der Waals surface area contributed by atoms with Crippen molar-refractivity contribution in [1.29, 1.82) is 0 Å². The molecule has 2 N–H and O–H groups in total. The molecule has 3 heteroatoms. The lowest BCUT2D eigenvalue weighted by Crippen LogP contribution is -2.39. The summed E-state index contributed by atoms with van der Waals surface area (Å²) in [5, 5.41) is 0. The molecule has 1 atom stereocenters. The topological polar surface area (TPSA) is 32.5 Å². The maximum absolute atomic E-state index is 5.58. The summed E-state index contributed by atoms with van der Waals surface area (Å²) in [6.07, 6.45) is 2.33. The van der Waals surface area contributed by atoms with Crippen LogP contribution in [0.25, 0.3) is 0 Å². The second kappa shape index (κ2) is 8.21. The fourth-order valence-electron chi connectivity index (χ4n) is 1.59. The smallest absolute Gasteiger partial charge is 0.0112 e. The summed E-state index contributed by atoms with van der Waals surface area (Å²) in [7, 11) is 4.25. The summed E-state index contributed by atoms with van der Waals surface area (Å²) in [5.41, 5.74) is 5.58. The Morgan fingerprint density at radius 2 is 1.79 bits per heavy atom. The van der Waals surface area contributed by atoms with Crippen molar-refractivity contribution in [2.45, 2.75) is 32.7 Å². The minimum atomic E-state index is 0.625. The van der Waals surface area contributed by atoms with Gasteiger partial charge in [0.15, 0.2) is 0 Å². The number of hydrogen-bond acceptors (Lipinski definition) is 3. The molecule has 0 aromatic carbocycles. The summed E-state index contributed by atoms with van der Waals surface area (Å²) in [6, 6.07) is 0.625. The molecule has 0 aliphatic heterocycles. The molecule has 0 aliphatic rings. The maximum Gasteiger partial charge on any atom is 0.0112 e. The highest BCUT2D eigenvalue weighted by molar-refractivity contribution is 4.68. The predicted octanol–water partition coefficient (Wildman–Crippen LogP) is 0.997. The zero-order valence-electron chi connectivity index (χ0n) is 10.3. The first-order valence-electron chi connectivity index (χ1n) is 5.70. The van der Waals surface area contributed by atoms with Crippen molar-refractivity contribution >= 4 is 0 Å². The third-order valence-corrected chi connectivity index (χ3v) is 2.55. The highest BCUT2D eigenvalue weighted by Gasteiger charge is 2.11. The number of nitrogens with two attached hydrogens (primary N) is 1. The number of hydrogen-bond donors (Lipinski definition) is 1. The number of nitrogens with zero attached hydrogens (tertiary/aromatic N) is 2. The van der Waals surface area contributed by atoms with Gasteiger partial charge in [-0.2, -0.15) is 0 Å². The Labute approximate surface area is 89.2 Å². The van der Waals surface area contributed by atoms with Gasteiger partial charge in [0.05, 0.1) is 0 Å². The lowest BCUT2D eigenvalue weighted by molar-refractivity contribution is 0.183. The number of rotatable bonds is 8. The molecule has 0 aliphatic carbocycles. The Morgan fingerprint density at radius 1 is 1.14 bits per heavy atom. The first kappa shape index (κ1) is 13.9. The van der Waals surface area contributed by atoms with E-state index in [1.54, 1.807) is 0 Å². The molecular weight excluding hydrogens is 174 g/mol. The Morgan fingerprint density at radius 3 is 2.21 bits per heavy atom. The van der Waals surface area contributed by atoms with Crippen molar-refractivity contribution < 1.29 is 0 Å². The third-order valence-electron chi connectivity index (χ3n) is 2.55. The van der Waals surface area contributed by atoms with E-state index in [1.165, 1.54) is 13.0 Å². The van der Waals surface area contributed by atoms with Crippen LogP contribution < -0.4 is 5.73 Å². The highest BCUT2D eigenvalue weighted by Crippen LogP contribution is 2.03. The highest BCUT2D eigenvalue weighted by atomic mass is 15.2. The molecule has 86 valence electrons. The van der Waals surface area contributed by atoms with Gasteiger partial charge in [-0.1, -0.05) is 6.92 Å². The van der Waals surface area contributed by atoms with Crippen molar-refractivity contribution in [3.05, 3.63) is 0 Å². The summed E-state index contributed by atoms with van der Waals surface area (Å²) >= 11 is 0. The van der Waals surface area contributed by atoms with E-state index in [0.29, 0.717) is 6.04 Å². The molecule has 0 radical (unpaired) electrons.